The van der Waals surface area contributed by atoms with Crippen molar-refractivity contribution in [2.75, 3.05) is 0 Å². The molecule has 80 valence electrons. The van der Waals surface area contributed by atoms with Gasteiger partial charge in [0.1, 0.15) is 9.85 Å². The summed E-state index contributed by atoms with van der Waals surface area (Å²) in [6.07, 6.45) is 1.19. The summed E-state index contributed by atoms with van der Waals surface area (Å²) < 4.78 is 0. The van der Waals surface area contributed by atoms with Crippen LogP contribution in [0.15, 0.2) is 0 Å². The molecule has 0 saturated heterocycles. The van der Waals surface area contributed by atoms with Gasteiger partial charge in [-0.15, -0.1) is 0 Å². The molecule has 0 aromatic heterocycles. The summed E-state index contributed by atoms with van der Waals surface area (Å²) in [4.78, 5) is 29.0. The van der Waals surface area contributed by atoms with Crippen LogP contribution in [0.2, 0.25) is 0 Å². The average molecular weight is 204 g/mol. The van der Waals surface area contributed by atoms with Gasteiger partial charge in [-0.3, -0.25) is 25.0 Å². The van der Waals surface area contributed by atoms with Gasteiger partial charge in [-0.05, 0) is 6.42 Å². The Labute approximate surface area is 80.4 Å². The van der Waals surface area contributed by atoms with Crippen molar-refractivity contribution < 1.29 is 14.6 Å². The minimum absolute atomic E-state index is 0.192. The molecule has 0 aliphatic rings. The molecule has 0 rings (SSSR count). The Morgan fingerprint density at radius 2 is 1.71 bits per heavy atom. The molecule has 0 aromatic carbocycles. The van der Waals surface area contributed by atoms with Crippen molar-refractivity contribution in [2.24, 2.45) is 0 Å². The minimum atomic E-state index is -2.64. The highest BCUT2D eigenvalue weighted by Gasteiger charge is 2.55. The maximum Gasteiger partial charge on any atom is 0.512 e. The van der Waals surface area contributed by atoms with Crippen LogP contribution >= 0.6 is 0 Å². The van der Waals surface area contributed by atoms with Gasteiger partial charge in [0.05, 0.1) is 6.42 Å². The largest absolute Gasteiger partial charge is 0.512 e. The lowest BCUT2D eigenvalue weighted by molar-refractivity contribution is -0.774. The van der Waals surface area contributed by atoms with Crippen LogP contribution in [0, 0.1) is 20.2 Å². The first kappa shape index (κ1) is 12.5. The van der Waals surface area contributed by atoms with Crippen LogP contribution in [0.1, 0.15) is 32.6 Å². The molecule has 14 heavy (non-hydrogen) atoms. The van der Waals surface area contributed by atoms with E-state index < -0.39 is 15.5 Å². The summed E-state index contributed by atoms with van der Waals surface area (Å²) in [6.45, 7) is 1.86. The van der Waals surface area contributed by atoms with E-state index in [2.05, 4.69) is 0 Å². The van der Waals surface area contributed by atoms with Gasteiger partial charge in [0, 0.05) is 0 Å². The van der Waals surface area contributed by atoms with Crippen LogP contribution in [0.4, 0.5) is 0 Å². The molecule has 0 radical (unpaired) electrons. The SMILES string of the molecule is CCCCCC(C=O)([N+](=O)[O-])[N+](=O)[O-]. The van der Waals surface area contributed by atoms with Gasteiger partial charge in [0.25, 0.3) is 6.29 Å². The van der Waals surface area contributed by atoms with Crippen LogP contribution < -0.4 is 0 Å². The molecular formula is C7H12N2O5. The fourth-order valence-corrected chi connectivity index (χ4v) is 1.03. The summed E-state index contributed by atoms with van der Waals surface area (Å²) in [5.41, 5.74) is -2.64. The highest BCUT2D eigenvalue weighted by atomic mass is 16.7. The van der Waals surface area contributed by atoms with E-state index in [9.17, 15) is 25.0 Å². The van der Waals surface area contributed by atoms with Gasteiger partial charge in [-0.25, -0.2) is 0 Å². The Kier molecular flexibility index (Phi) is 4.68. The van der Waals surface area contributed by atoms with Gasteiger partial charge in [0.2, 0.25) is 0 Å². The first-order valence-corrected chi connectivity index (χ1v) is 4.26. The standard InChI is InChI=1S/C7H12N2O5/c1-2-3-4-5-7(6-10,8(11)12)9(13)14/h6H,2-5H2,1H3. The number of rotatable bonds is 7. The van der Waals surface area contributed by atoms with Crippen molar-refractivity contribution in [3.05, 3.63) is 20.2 Å². The number of nitro groups is 2. The molecule has 0 N–H and O–H groups in total. The Bertz CT molecular complexity index is 226. The molecule has 7 nitrogen and oxygen atoms in total. The Morgan fingerprint density at radius 1 is 1.21 bits per heavy atom. The first-order valence-electron chi connectivity index (χ1n) is 4.26. The van der Waals surface area contributed by atoms with Gasteiger partial charge in [0.15, 0.2) is 0 Å². The van der Waals surface area contributed by atoms with Gasteiger partial charge >= 0.3 is 5.66 Å². The molecule has 0 amide bonds. The smallest absolute Gasteiger partial charge is 0.287 e. The van der Waals surface area contributed by atoms with Crippen molar-refractivity contribution >= 4 is 6.29 Å². The van der Waals surface area contributed by atoms with Crippen molar-refractivity contribution in [3.63, 3.8) is 0 Å². The van der Waals surface area contributed by atoms with Crippen LogP contribution in [0.3, 0.4) is 0 Å². The molecular weight excluding hydrogens is 192 g/mol. The lowest BCUT2D eigenvalue weighted by Gasteiger charge is -2.10. The fraction of sp³-hybridized carbons (Fsp3) is 0.857. The van der Waals surface area contributed by atoms with Crippen molar-refractivity contribution in [2.45, 2.75) is 38.3 Å². The number of carbonyl (C=O) groups is 1. The van der Waals surface area contributed by atoms with E-state index in [1.807, 2.05) is 6.92 Å². The van der Waals surface area contributed by atoms with Crippen molar-refractivity contribution in [1.82, 2.24) is 0 Å². The second kappa shape index (κ2) is 5.25. The van der Waals surface area contributed by atoms with Crippen molar-refractivity contribution in [3.8, 4) is 0 Å². The predicted molar refractivity (Wildman–Crippen MR) is 46.9 cm³/mol. The number of nitrogens with zero attached hydrogens (tertiary/aromatic N) is 2. The maximum absolute atomic E-state index is 10.4. The average Bonchev–Trinajstić information content (AvgIpc) is 2.11. The first-order chi connectivity index (χ1) is 6.51. The van der Waals surface area contributed by atoms with E-state index in [4.69, 9.17) is 0 Å². The zero-order chi connectivity index (χ0) is 11.2. The van der Waals surface area contributed by atoms with E-state index in [1.54, 1.807) is 0 Å². The summed E-state index contributed by atoms with van der Waals surface area (Å²) in [5.74, 6) is 0. The fourth-order valence-electron chi connectivity index (χ4n) is 1.03. The summed E-state index contributed by atoms with van der Waals surface area (Å²) >= 11 is 0. The van der Waals surface area contributed by atoms with Crippen LogP contribution in [0.5, 0.6) is 0 Å². The highest BCUT2D eigenvalue weighted by Crippen LogP contribution is 2.17. The van der Waals surface area contributed by atoms with E-state index in [0.29, 0.717) is 12.8 Å². The van der Waals surface area contributed by atoms with E-state index in [-0.39, 0.29) is 12.7 Å². The molecule has 0 bridgehead atoms. The van der Waals surface area contributed by atoms with E-state index in [0.717, 1.165) is 6.42 Å². The Hall–Kier alpha value is -1.53. The number of carbonyl (C=O) groups excluding carboxylic acids is 1. The summed E-state index contributed by atoms with van der Waals surface area (Å²) in [7, 11) is 0. The zero-order valence-corrected chi connectivity index (χ0v) is 7.84. The molecule has 0 aliphatic carbocycles. The zero-order valence-electron chi connectivity index (χ0n) is 7.84. The van der Waals surface area contributed by atoms with Crippen LogP contribution in [0.25, 0.3) is 0 Å². The van der Waals surface area contributed by atoms with E-state index in [1.165, 1.54) is 0 Å². The van der Waals surface area contributed by atoms with Gasteiger partial charge in [-0.1, -0.05) is 19.8 Å². The molecule has 0 heterocycles. The third-order valence-corrected chi connectivity index (χ3v) is 1.97. The van der Waals surface area contributed by atoms with E-state index >= 15 is 0 Å². The third-order valence-electron chi connectivity index (χ3n) is 1.97. The number of hydrogen-bond donors (Lipinski definition) is 0. The number of unbranched alkanes of at least 4 members (excludes halogenated alkanes) is 2. The summed E-state index contributed by atoms with van der Waals surface area (Å²) in [6, 6.07) is 0. The highest BCUT2D eigenvalue weighted by molar-refractivity contribution is 5.59. The minimum Gasteiger partial charge on any atom is -0.287 e. The normalized spacial score (nSPS) is 10.9. The number of aldehydes is 1. The van der Waals surface area contributed by atoms with Crippen LogP contribution in [-0.4, -0.2) is 21.8 Å². The molecule has 0 spiro atoms. The second-order valence-corrected chi connectivity index (χ2v) is 2.97. The molecule has 0 aromatic rings. The summed E-state index contributed by atoms with van der Waals surface area (Å²) in [5, 5.41) is 20.8. The molecule has 0 aliphatic heterocycles. The monoisotopic (exact) mass is 204 g/mol. The Morgan fingerprint density at radius 3 is 2.00 bits per heavy atom. The second-order valence-electron chi connectivity index (χ2n) is 2.97. The Balaban J connectivity index is 4.60. The molecule has 0 atom stereocenters. The molecule has 0 fully saturated rings. The topological polar surface area (TPSA) is 103 Å². The van der Waals surface area contributed by atoms with Crippen molar-refractivity contribution in [1.29, 1.82) is 0 Å². The third kappa shape index (κ3) is 2.48. The molecule has 0 saturated carbocycles. The van der Waals surface area contributed by atoms with Gasteiger partial charge in [-0.2, -0.15) is 0 Å². The molecule has 0 unspecified atom stereocenters. The predicted octanol–water partition coefficient (Wildman–Crippen LogP) is 1.02. The number of hydrogen-bond acceptors (Lipinski definition) is 5. The molecule has 7 heteroatoms. The van der Waals surface area contributed by atoms with Gasteiger partial charge < -0.3 is 0 Å². The lowest BCUT2D eigenvalue weighted by Crippen LogP contribution is -2.47. The maximum atomic E-state index is 10.4. The lowest BCUT2D eigenvalue weighted by atomic mass is 10.0. The quantitative estimate of drug-likeness (QED) is 0.202. The van der Waals surface area contributed by atoms with Crippen LogP contribution in [-0.2, 0) is 4.79 Å².